The Morgan fingerprint density at radius 1 is 1.32 bits per heavy atom. The van der Waals surface area contributed by atoms with E-state index in [1.54, 1.807) is 4.90 Å². The smallest absolute Gasteiger partial charge is 0.320 e. The number of carboxylic acid groups (broad SMARTS) is 1. The Bertz CT molecular complexity index is 366. The molecule has 2 amide bonds. The van der Waals surface area contributed by atoms with Gasteiger partial charge in [-0.25, -0.2) is 4.79 Å². The highest BCUT2D eigenvalue weighted by Gasteiger charge is 2.42. The lowest BCUT2D eigenvalue weighted by Gasteiger charge is -2.32. The molecule has 0 spiro atoms. The second-order valence-electron chi connectivity index (χ2n) is 6.23. The highest BCUT2D eigenvalue weighted by Crippen LogP contribution is 2.32. The number of carboxylic acids is 1. The Balaban J connectivity index is 2.03. The quantitative estimate of drug-likeness (QED) is 0.848. The molecule has 1 saturated heterocycles. The van der Waals surface area contributed by atoms with Gasteiger partial charge in [-0.1, -0.05) is 13.8 Å². The summed E-state index contributed by atoms with van der Waals surface area (Å²) in [4.78, 5) is 27.4. The lowest BCUT2D eigenvalue weighted by Crippen LogP contribution is -2.48. The summed E-state index contributed by atoms with van der Waals surface area (Å²) in [5.74, 6) is -0.758. The van der Waals surface area contributed by atoms with E-state index in [9.17, 15) is 9.59 Å². The van der Waals surface area contributed by atoms with Gasteiger partial charge in [-0.05, 0) is 32.1 Å². The molecule has 2 unspecified atom stereocenters. The van der Waals surface area contributed by atoms with E-state index in [0.29, 0.717) is 24.9 Å². The maximum Gasteiger partial charge on any atom is 0.320 e. The van der Waals surface area contributed by atoms with Crippen LogP contribution in [0.3, 0.4) is 0 Å². The third-order valence-electron chi connectivity index (χ3n) is 4.11. The molecule has 0 radical (unpaired) electrons. The van der Waals surface area contributed by atoms with E-state index in [4.69, 9.17) is 5.11 Å². The van der Waals surface area contributed by atoms with Crippen LogP contribution in [0.4, 0.5) is 4.79 Å². The second kappa shape index (κ2) is 5.39. The summed E-state index contributed by atoms with van der Waals surface area (Å²) in [7, 11) is 0. The molecule has 2 fully saturated rings. The van der Waals surface area contributed by atoms with Gasteiger partial charge in [0.25, 0.3) is 0 Å². The van der Waals surface area contributed by atoms with Crippen molar-refractivity contribution in [1.82, 2.24) is 9.80 Å². The monoisotopic (exact) mass is 268 g/mol. The summed E-state index contributed by atoms with van der Waals surface area (Å²) < 4.78 is 0. The van der Waals surface area contributed by atoms with Crippen molar-refractivity contribution in [1.29, 1.82) is 0 Å². The van der Waals surface area contributed by atoms with Gasteiger partial charge in [-0.2, -0.15) is 0 Å². The van der Waals surface area contributed by atoms with Crippen molar-refractivity contribution in [3.05, 3.63) is 0 Å². The van der Waals surface area contributed by atoms with Gasteiger partial charge in [-0.15, -0.1) is 0 Å². The molecule has 0 aromatic carbocycles. The van der Waals surface area contributed by atoms with E-state index < -0.39 is 11.9 Å². The van der Waals surface area contributed by atoms with Crippen LogP contribution in [-0.2, 0) is 4.79 Å². The Kier molecular flexibility index (Phi) is 4.02. The first-order chi connectivity index (χ1) is 8.91. The Morgan fingerprint density at radius 3 is 2.37 bits per heavy atom. The largest absolute Gasteiger partial charge is 0.481 e. The zero-order chi connectivity index (χ0) is 14.2. The maximum atomic E-state index is 12.6. The number of nitrogens with zero attached hydrogens (tertiary/aromatic N) is 2. The van der Waals surface area contributed by atoms with Gasteiger partial charge in [0.15, 0.2) is 0 Å². The summed E-state index contributed by atoms with van der Waals surface area (Å²) >= 11 is 0. The van der Waals surface area contributed by atoms with E-state index in [-0.39, 0.29) is 12.1 Å². The average molecular weight is 268 g/mol. The van der Waals surface area contributed by atoms with Crippen molar-refractivity contribution in [2.24, 2.45) is 11.8 Å². The van der Waals surface area contributed by atoms with Crippen LogP contribution in [0.15, 0.2) is 0 Å². The number of carbonyl (C=O) groups excluding carboxylic acids is 1. The number of likely N-dealkylation sites (tertiary alicyclic amines) is 1. The molecule has 0 aromatic heterocycles. The molecule has 1 saturated carbocycles. The predicted molar refractivity (Wildman–Crippen MR) is 71.9 cm³/mol. The average Bonchev–Trinajstić information content (AvgIpc) is 3.08. The van der Waals surface area contributed by atoms with Crippen LogP contribution < -0.4 is 0 Å². The van der Waals surface area contributed by atoms with Gasteiger partial charge in [0, 0.05) is 25.2 Å². The fourth-order valence-electron chi connectivity index (χ4n) is 2.87. The SMILES string of the molecule is CC(C)CN(C(=O)N1CCC(C(=O)O)C1C)C1CC1. The summed E-state index contributed by atoms with van der Waals surface area (Å²) in [5.41, 5.74) is 0. The molecule has 1 aliphatic carbocycles. The summed E-state index contributed by atoms with van der Waals surface area (Å²) in [6.07, 6.45) is 2.74. The number of hydrogen-bond donors (Lipinski definition) is 1. The third-order valence-corrected chi connectivity index (χ3v) is 4.11. The molecule has 1 aliphatic heterocycles. The zero-order valence-corrected chi connectivity index (χ0v) is 12.0. The molecular formula is C14H24N2O3. The highest BCUT2D eigenvalue weighted by atomic mass is 16.4. The van der Waals surface area contributed by atoms with Gasteiger partial charge in [0.1, 0.15) is 0 Å². The number of carbonyl (C=O) groups is 2. The van der Waals surface area contributed by atoms with Gasteiger partial charge >= 0.3 is 12.0 Å². The van der Waals surface area contributed by atoms with E-state index in [1.165, 1.54) is 0 Å². The molecule has 2 atom stereocenters. The van der Waals surface area contributed by atoms with E-state index >= 15 is 0 Å². The molecule has 5 heteroatoms. The van der Waals surface area contributed by atoms with Gasteiger partial charge in [0.05, 0.1) is 5.92 Å². The van der Waals surface area contributed by atoms with E-state index in [2.05, 4.69) is 13.8 Å². The molecule has 5 nitrogen and oxygen atoms in total. The first kappa shape index (κ1) is 14.2. The van der Waals surface area contributed by atoms with Gasteiger partial charge in [-0.3, -0.25) is 4.79 Å². The fraction of sp³-hybridized carbons (Fsp3) is 0.857. The zero-order valence-electron chi connectivity index (χ0n) is 12.0. The molecule has 0 aromatic rings. The Hall–Kier alpha value is -1.26. The topological polar surface area (TPSA) is 60.9 Å². The van der Waals surface area contributed by atoms with Crippen LogP contribution in [0.1, 0.15) is 40.0 Å². The molecule has 2 rings (SSSR count). The standard InChI is InChI=1S/C14H24N2O3/c1-9(2)8-16(11-4-5-11)14(19)15-7-6-12(10(15)3)13(17)18/h9-12H,4-8H2,1-3H3,(H,17,18). The minimum atomic E-state index is -0.787. The second-order valence-corrected chi connectivity index (χ2v) is 6.23. The number of hydrogen-bond acceptors (Lipinski definition) is 2. The summed E-state index contributed by atoms with van der Waals surface area (Å²) in [5, 5.41) is 9.14. The van der Waals surface area contributed by atoms with Gasteiger partial charge in [0.2, 0.25) is 0 Å². The highest BCUT2D eigenvalue weighted by molar-refractivity contribution is 5.78. The molecule has 19 heavy (non-hydrogen) atoms. The molecule has 1 heterocycles. The first-order valence-electron chi connectivity index (χ1n) is 7.21. The van der Waals surface area contributed by atoms with Crippen molar-refractivity contribution in [3.8, 4) is 0 Å². The van der Waals surface area contributed by atoms with Crippen LogP contribution in [-0.4, -0.2) is 52.1 Å². The molecule has 108 valence electrons. The van der Waals surface area contributed by atoms with Crippen molar-refractivity contribution < 1.29 is 14.7 Å². The Labute approximate surface area is 114 Å². The number of urea groups is 1. The minimum Gasteiger partial charge on any atom is -0.481 e. The molecule has 0 bridgehead atoms. The van der Waals surface area contributed by atoms with Gasteiger partial charge < -0.3 is 14.9 Å². The Morgan fingerprint density at radius 2 is 1.95 bits per heavy atom. The fourth-order valence-corrected chi connectivity index (χ4v) is 2.87. The number of rotatable bonds is 4. The molecule has 2 aliphatic rings. The maximum absolute atomic E-state index is 12.6. The van der Waals surface area contributed by atoms with Crippen molar-refractivity contribution >= 4 is 12.0 Å². The first-order valence-corrected chi connectivity index (χ1v) is 7.21. The number of aliphatic carboxylic acids is 1. The summed E-state index contributed by atoms with van der Waals surface area (Å²) in [6, 6.07) is 0.219. The van der Waals surface area contributed by atoms with Crippen molar-refractivity contribution in [2.75, 3.05) is 13.1 Å². The lowest BCUT2D eigenvalue weighted by atomic mass is 10.0. The lowest BCUT2D eigenvalue weighted by molar-refractivity contribution is -0.142. The van der Waals surface area contributed by atoms with Crippen molar-refractivity contribution in [3.63, 3.8) is 0 Å². The van der Waals surface area contributed by atoms with Crippen LogP contribution in [0.5, 0.6) is 0 Å². The predicted octanol–water partition coefficient (Wildman–Crippen LogP) is 2.02. The summed E-state index contributed by atoms with van der Waals surface area (Å²) in [6.45, 7) is 7.40. The minimum absolute atomic E-state index is 0.0347. The van der Waals surface area contributed by atoms with Crippen LogP contribution in [0.2, 0.25) is 0 Å². The third kappa shape index (κ3) is 3.01. The van der Waals surface area contributed by atoms with Crippen LogP contribution in [0, 0.1) is 11.8 Å². The molecule has 1 N–H and O–H groups in total. The van der Waals surface area contributed by atoms with Crippen LogP contribution >= 0.6 is 0 Å². The normalized spacial score (nSPS) is 26.8. The van der Waals surface area contributed by atoms with E-state index in [0.717, 1.165) is 19.4 Å². The molecular weight excluding hydrogens is 244 g/mol. The van der Waals surface area contributed by atoms with E-state index in [1.807, 2.05) is 11.8 Å². The van der Waals surface area contributed by atoms with Crippen LogP contribution in [0.25, 0.3) is 0 Å². The number of amides is 2. The van der Waals surface area contributed by atoms with Crippen molar-refractivity contribution in [2.45, 2.75) is 52.1 Å².